The molecular formula is C10H18N2S2. The van der Waals surface area contributed by atoms with Crippen molar-refractivity contribution in [2.75, 3.05) is 6.26 Å². The minimum Gasteiger partial charge on any atom is -0.321 e. The van der Waals surface area contributed by atoms with Gasteiger partial charge in [-0.05, 0) is 26.5 Å². The smallest absolute Gasteiger partial charge is 0.103 e. The molecular weight excluding hydrogens is 212 g/mol. The van der Waals surface area contributed by atoms with E-state index in [-0.39, 0.29) is 5.54 Å². The summed E-state index contributed by atoms with van der Waals surface area (Å²) in [5.74, 6) is 0.994. The van der Waals surface area contributed by atoms with Crippen LogP contribution in [0, 0.1) is 0 Å². The van der Waals surface area contributed by atoms with E-state index in [9.17, 15) is 0 Å². The Kier molecular flexibility index (Phi) is 3.98. The Hall–Kier alpha value is -0.0600. The number of thioether (sulfide) groups is 1. The third-order valence-electron chi connectivity index (χ3n) is 1.93. The molecule has 0 radical (unpaired) electrons. The van der Waals surface area contributed by atoms with Crippen LogP contribution < -0.4 is 5.73 Å². The van der Waals surface area contributed by atoms with Crippen LogP contribution in [0.4, 0.5) is 0 Å². The molecule has 0 saturated carbocycles. The highest BCUT2D eigenvalue weighted by atomic mass is 32.2. The Labute approximate surface area is 94.3 Å². The van der Waals surface area contributed by atoms with Crippen molar-refractivity contribution in [1.29, 1.82) is 0 Å². The van der Waals surface area contributed by atoms with Crippen molar-refractivity contribution in [2.24, 2.45) is 5.73 Å². The molecule has 0 aromatic carbocycles. The van der Waals surface area contributed by atoms with E-state index in [0.717, 1.165) is 12.2 Å². The summed E-state index contributed by atoms with van der Waals surface area (Å²) in [5.41, 5.74) is 7.03. The molecule has 0 aliphatic carbocycles. The first-order valence-electron chi connectivity index (χ1n) is 4.76. The zero-order valence-corrected chi connectivity index (χ0v) is 10.9. The SMILES string of the molecule is CCc1nc(CSC)sc1C(C)(C)N. The highest BCUT2D eigenvalue weighted by Gasteiger charge is 2.22. The summed E-state index contributed by atoms with van der Waals surface area (Å²) in [6.45, 7) is 6.22. The predicted octanol–water partition coefficient (Wildman–Crippen LogP) is 2.76. The topological polar surface area (TPSA) is 38.9 Å². The van der Waals surface area contributed by atoms with Gasteiger partial charge in [-0.25, -0.2) is 4.98 Å². The van der Waals surface area contributed by atoms with Gasteiger partial charge in [0.25, 0.3) is 0 Å². The van der Waals surface area contributed by atoms with Crippen LogP contribution in [0.25, 0.3) is 0 Å². The second kappa shape index (κ2) is 4.64. The van der Waals surface area contributed by atoms with E-state index in [0.29, 0.717) is 0 Å². The summed E-state index contributed by atoms with van der Waals surface area (Å²) < 4.78 is 0. The summed E-state index contributed by atoms with van der Waals surface area (Å²) in [4.78, 5) is 5.84. The Morgan fingerprint density at radius 3 is 2.50 bits per heavy atom. The lowest BCUT2D eigenvalue weighted by molar-refractivity contribution is 0.559. The van der Waals surface area contributed by atoms with Crippen molar-refractivity contribution in [3.63, 3.8) is 0 Å². The molecule has 0 atom stereocenters. The van der Waals surface area contributed by atoms with Crippen LogP contribution in [0.5, 0.6) is 0 Å². The van der Waals surface area contributed by atoms with Crippen LogP contribution in [0.2, 0.25) is 0 Å². The molecule has 1 rings (SSSR count). The van der Waals surface area contributed by atoms with E-state index in [2.05, 4.69) is 18.2 Å². The zero-order valence-electron chi connectivity index (χ0n) is 9.26. The molecule has 0 spiro atoms. The first-order chi connectivity index (χ1) is 6.49. The van der Waals surface area contributed by atoms with Crippen molar-refractivity contribution in [3.05, 3.63) is 15.6 Å². The van der Waals surface area contributed by atoms with Crippen molar-refractivity contribution in [3.8, 4) is 0 Å². The fourth-order valence-corrected chi connectivity index (χ4v) is 3.19. The molecule has 1 aromatic rings. The monoisotopic (exact) mass is 230 g/mol. The van der Waals surface area contributed by atoms with E-state index in [1.54, 1.807) is 23.1 Å². The summed E-state index contributed by atoms with van der Waals surface area (Å²) >= 11 is 3.56. The van der Waals surface area contributed by atoms with Gasteiger partial charge in [0.1, 0.15) is 5.01 Å². The Bertz CT molecular complexity index is 300. The largest absolute Gasteiger partial charge is 0.321 e. The number of aromatic nitrogens is 1. The zero-order chi connectivity index (χ0) is 10.8. The molecule has 0 unspecified atom stereocenters. The third-order valence-corrected chi connectivity index (χ3v) is 4.11. The van der Waals surface area contributed by atoms with Crippen LogP contribution in [-0.4, -0.2) is 11.2 Å². The van der Waals surface area contributed by atoms with Crippen molar-refractivity contribution >= 4 is 23.1 Å². The number of thiazole rings is 1. The van der Waals surface area contributed by atoms with E-state index >= 15 is 0 Å². The van der Waals surface area contributed by atoms with Gasteiger partial charge >= 0.3 is 0 Å². The molecule has 14 heavy (non-hydrogen) atoms. The highest BCUT2D eigenvalue weighted by Crippen LogP contribution is 2.29. The molecule has 80 valence electrons. The van der Waals surface area contributed by atoms with Gasteiger partial charge in [-0.2, -0.15) is 11.8 Å². The fraction of sp³-hybridized carbons (Fsp3) is 0.700. The van der Waals surface area contributed by atoms with Gasteiger partial charge in [0, 0.05) is 16.2 Å². The van der Waals surface area contributed by atoms with E-state index in [4.69, 9.17) is 5.73 Å². The fourth-order valence-electron chi connectivity index (χ4n) is 1.33. The molecule has 0 fully saturated rings. The van der Waals surface area contributed by atoms with Crippen molar-refractivity contribution in [1.82, 2.24) is 4.98 Å². The lowest BCUT2D eigenvalue weighted by Gasteiger charge is -2.17. The molecule has 0 aliphatic heterocycles. The Morgan fingerprint density at radius 2 is 2.14 bits per heavy atom. The molecule has 0 saturated heterocycles. The standard InChI is InChI=1S/C10H18N2S2/c1-5-7-9(10(2,3)11)14-8(12-7)6-13-4/h5-6,11H2,1-4H3. The van der Waals surface area contributed by atoms with E-state index < -0.39 is 0 Å². The second-order valence-corrected chi connectivity index (χ2v) is 5.84. The number of hydrogen-bond donors (Lipinski definition) is 1. The normalized spacial score (nSPS) is 12.1. The van der Waals surface area contributed by atoms with Crippen LogP contribution in [0.3, 0.4) is 0 Å². The summed E-state index contributed by atoms with van der Waals surface area (Å²) in [5, 5.41) is 1.20. The maximum Gasteiger partial charge on any atom is 0.103 e. The number of rotatable bonds is 4. The minimum absolute atomic E-state index is 0.250. The summed E-state index contributed by atoms with van der Waals surface area (Å²) in [6.07, 6.45) is 3.07. The number of hydrogen-bond acceptors (Lipinski definition) is 4. The molecule has 4 heteroatoms. The van der Waals surface area contributed by atoms with Gasteiger partial charge in [-0.15, -0.1) is 11.3 Å². The van der Waals surface area contributed by atoms with Gasteiger partial charge in [-0.3, -0.25) is 0 Å². The van der Waals surface area contributed by atoms with Gasteiger partial charge in [0.05, 0.1) is 5.69 Å². The lowest BCUT2D eigenvalue weighted by Crippen LogP contribution is -2.28. The quantitative estimate of drug-likeness (QED) is 0.864. The Balaban J connectivity index is 3.02. The Morgan fingerprint density at radius 1 is 1.50 bits per heavy atom. The summed E-state index contributed by atoms with van der Waals surface area (Å²) in [6, 6.07) is 0. The molecule has 0 aliphatic rings. The number of aryl methyl sites for hydroxylation is 1. The highest BCUT2D eigenvalue weighted by molar-refractivity contribution is 7.97. The molecule has 2 nitrogen and oxygen atoms in total. The van der Waals surface area contributed by atoms with Crippen LogP contribution >= 0.6 is 23.1 Å². The average molecular weight is 230 g/mol. The predicted molar refractivity (Wildman–Crippen MR) is 65.9 cm³/mol. The maximum atomic E-state index is 6.11. The first-order valence-corrected chi connectivity index (χ1v) is 6.97. The first kappa shape index (κ1) is 12.0. The lowest BCUT2D eigenvalue weighted by atomic mass is 10.0. The summed E-state index contributed by atoms with van der Waals surface area (Å²) in [7, 11) is 0. The van der Waals surface area contributed by atoms with Crippen molar-refractivity contribution in [2.45, 2.75) is 38.5 Å². The minimum atomic E-state index is -0.250. The maximum absolute atomic E-state index is 6.11. The van der Waals surface area contributed by atoms with Gasteiger partial charge < -0.3 is 5.73 Å². The van der Waals surface area contributed by atoms with E-state index in [1.807, 2.05) is 13.8 Å². The van der Waals surface area contributed by atoms with Crippen LogP contribution in [-0.2, 0) is 17.7 Å². The third kappa shape index (κ3) is 2.72. The molecule has 0 amide bonds. The number of nitrogens with zero attached hydrogens (tertiary/aromatic N) is 1. The van der Waals surface area contributed by atoms with Gasteiger partial charge in [0.15, 0.2) is 0 Å². The molecule has 2 N–H and O–H groups in total. The van der Waals surface area contributed by atoms with Gasteiger partial charge in [0.2, 0.25) is 0 Å². The van der Waals surface area contributed by atoms with E-state index in [1.165, 1.54) is 15.6 Å². The van der Waals surface area contributed by atoms with Gasteiger partial charge in [-0.1, -0.05) is 6.92 Å². The average Bonchev–Trinajstić information content (AvgIpc) is 2.47. The number of nitrogens with two attached hydrogens (primary N) is 1. The second-order valence-electron chi connectivity index (χ2n) is 3.89. The van der Waals surface area contributed by atoms with Crippen LogP contribution in [0.1, 0.15) is 36.3 Å². The molecule has 1 heterocycles. The van der Waals surface area contributed by atoms with Crippen molar-refractivity contribution < 1.29 is 0 Å². The van der Waals surface area contributed by atoms with Crippen LogP contribution in [0.15, 0.2) is 0 Å². The molecule has 1 aromatic heterocycles. The molecule has 0 bridgehead atoms.